The van der Waals surface area contributed by atoms with Gasteiger partial charge in [-0.15, -0.1) is 0 Å². The molecule has 4 unspecified atom stereocenters. The Labute approximate surface area is 136 Å². The Morgan fingerprint density at radius 2 is 1.43 bits per heavy atom. The molecule has 0 aromatic heterocycles. The van der Waals surface area contributed by atoms with E-state index in [-0.39, 0.29) is 23.7 Å². The number of methoxy groups -OCH3 is 1. The van der Waals surface area contributed by atoms with Crippen molar-refractivity contribution >= 4 is 0 Å². The fraction of sp³-hybridized carbons (Fsp3) is 0.368. The van der Waals surface area contributed by atoms with Crippen molar-refractivity contribution < 1.29 is 19.7 Å². The third-order valence-corrected chi connectivity index (χ3v) is 4.83. The van der Waals surface area contributed by atoms with Crippen molar-refractivity contribution in [3.05, 3.63) is 53.6 Å². The summed E-state index contributed by atoms with van der Waals surface area (Å²) in [6, 6.07) is 12.5. The van der Waals surface area contributed by atoms with Crippen LogP contribution in [0.15, 0.2) is 42.5 Å². The first kappa shape index (κ1) is 15.7. The van der Waals surface area contributed by atoms with E-state index in [0.717, 1.165) is 11.1 Å². The standard InChI is InChI=1S/C19H22O4/c1-11-12(2)19(14-6-9-16(21)17(10-14)22-3)23-18(11)13-4-7-15(20)8-5-13/h4-12,18-21H,1-3H3. The Kier molecular flexibility index (Phi) is 4.18. The van der Waals surface area contributed by atoms with Crippen molar-refractivity contribution in [3.63, 3.8) is 0 Å². The number of benzene rings is 2. The Morgan fingerprint density at radius 1 is 0.870 bits per heavy atom. The first-order valence-corrected chi connectivity index (χ1v) is 7.82. The van der Waals surface area contributed by atoms with Gasteiger partial charge in [-0.2, -0.15) is 0 Å². The van der Waals surface area contributed by atoms with E-state index in [2.05, 4.69) is 13.8 Å². The molecule has 0 spiro atoms. The van der Waals surface area contributed by atoms with Gasteiger partial charge in [0.05, 0.1) is 19.3 Å². The number of hydrogen-bond acceptors (Lipinski definition) is 4. The smallest absolute Gasteiger partial charge is 0.160 e. The van der Waals surface area contributed by atoms with Crippen LogP contribution in [0.1, 0.15) is 37.2 Å². The SMILES string of the molecule is COc1cc(C2OC(c3ccc(O)cc3)C(C)C2C)ccc1O. The van der Waals surface area contributed by atoms with Gasteiger partial charge in [-0.1, -0.05) is 32.0 Å². The van der Waals surface area contributed by atoms with E-state index >= 15 is 0 Å². The lowest BCUT2D eigenvalue weighted by atomic mass is 9.85. The lowest BCUT2D eigenvalue weighted by Crippen LogP contribution is -2.09. The molecule has 2 aromatic rings. The number of phenolic OH excluding ortho intramolecular Hbond substituents is 2. The van der Waals surface area contributed by atoms with Gasteiger partial charge in [-0.05, 0) is 47.2 Å². The summed E-state index contributed by atoms with van der Waals surface area (Å²) in [5.41, 5.74) is 2.07. The maximum absolute atomic E-state index is 9.76. The molecule has 0 radical (unpaired) electrons. The van der Waals surface area contributed by atoms with Crippen LogP contribution < -0.4 is 4.74 Å². The maximum atomic E-state index is 9.76. The van der Waals surface area contributed by atoms with E-state index in [9.17, 15) is 10.2 Å². The van der Waals surface area contributed by atoms with E-state index in [1.165, 1.54) is 0 Å². The van der Waals surface area contributed by atoms with Crippen molar-refractivity contribution in [2.45, 2.75) is 26.1 Å². The molecule has 1 fully saturated rings. The van der Waals surface area contributed by atoms with Gasteiger partial charge in [-0.3, -0.25) is 0 Å². The number of rotatable bonds is 3. The van der Waals surface area contributed by atoms with Crippen LogP contribution in [0.4, 0.5) is 0 Å². The fourth-order valence-electron chi connectivity index (χ4n) is 3.26. The Morgan fingerprint density at radius 3 is 2.04 bits per heavy atom. The number of ether oxygens (including phenoxy) is 2. The largest absolute Gasteiger partial charge is 0.508 e. The summed E-state index contributed by atoms with van der Waals surface area (Å²) in [5, 5.41) is 19.2. The third kappa shape index (κ3) is 2.86. The summed E-state index contributed by atoms with van der Waals surface area (Å²) < 4.78 is 11.5. The van der Waals surface area contributed by atoms with E-state index in [1.807, 2.05) is 24.3 Å². The lowest BCUT2D eigenvalue weighted by molar-refractivity contribution is 0.0289. The first-order valence-electron chi connectivity index (χ1n) is 7.82. The molecule has 3 rings (SSSR count). The van der Waals surface area contributed by atoms with Crippen LogP contribution in [-0.4, -0.2) is 17.3 Å². The Bertz CT molecular complexity index is 680. The van der Waals surface area contributed by atoms with Gasteiger partial charge in [0.15, 0.2) is 11.5 Å². The summed E-state index contributed by atoms with van der Waals surface area (Å²) in [6.45, 7) is 4.36. The number of phenols is 2. The summed E-state index contributed by atoms with van der Waals surface area (Å²) in [5.74, 6) is 1.50. The van der Waals surface area contributed by atoms with Crippen molar-refractivity contribution in [3.8, 4) is 17.2 Å². The second-order valence-electron chi connectivity index (χ2n) is 6.22. The molecule has 2 N–H and O–H groups in total. The molecule has 1 saturated heterocycles. The van der Waals surface area contributed by atoms with Crippen molar-refractivity contribution in [1.29, 1.82) is 0 Å². The minimum absolute atomic E-state index is 0.0182. The number of hydrogen-bond donors (Lipinski definition) is 2. The van der Waals surface area contributed by atoms with Gasteiger partial charge in [-0.25, -0.2) is 0 Å². The highest BCUT2D eigenvalue weighted by atomic mass is 16.5. The van der Waals surface area contributed by atoms with E-state index in [1.54, 1.807) is 25.3 Å². The van der Waals surface area contributed by atoms with Crippen LogP contribution in [0.3, 0.4) is 0 Å². The van der Waals surface area contributed by atoms with Crippen LogP contribution in [0, 0.1) is 11.8 Å². The third-order valence-electron chi connectivity index (χ3n) is 4.83. The number of aromatic hydroxyl groups is 2. The molecular formula is C19H22O4. The molecule has 2 aromatic carbocycles. The van der Waals surface area contributed by atoms with E-state index < -0.39 is 0 Å². The highest BCUT2D eigenvalue weighted by molar-refractivity contribution is 5.43. The molecule has 0 bridgehead atoms. The molecule has 122 valence electrons. The highest BCUT2D eigenvalue weighted by Gasteiger charge is 2.40. The molecule has 0 aliphatic carbocycles. The van der Waals surface area contributed by atoms with Gasteiger partial charge in [0.25, 0.3) is 0 Å². The Balaban J connectivity index is 1.89. The van der Waals surface area contributed by atoms with Crippen molar-refractivity contribution in [1.82, 2.24) is 0 Å². The average molecular weight is 314 g/mol. The normalized spacial score (nSPS) is 27.1. The monoisotopic (exact) mass is 314 g/mol. The van der Waals surface area contributed by atoms with Crippen LogP contribution in [0.5, 0.6) is 17.2 Å². The molecule has 4 atom stereocenters. The molecule has 1 aliphatic heterocycles. The van der Waals surface area contributed by atoms with Gasteiger partial charge in [0, 0.05) is 0 Å². The molecule has 1 heterocycles. The zero-order valence-corrected chi connectivity index (χ0v) is 13.6. The molecule has 23 heavy (non-hydrogen) atoms. The van der Waals surface area contributed by atoms with Crippen molar-refractivity contribution in [2.24, 2.45) is 11.8 Å². The summed E-state index contributed by atoms with van der Waals surface area (Å²) in [7, 11) is 1.54. The predicted molar refractivity (Wildman–Crippen MR) is 87.7 cm³/mol. The minimum atomic E-state index is -0.0571. The first-order chi connectivity index (χ1) is 11.0. The molecule has 4 nitrogen and oxygen atoms in total. The quantitative estimate of drug-likeness (QED) is 0.892. The summed E-state index contributed by atoms with van der Waals surface area (Å²) >= 11 is 0. The van der Waals surface area contributed by atoms with Gasteiger partial charge < -0.3 is 19.7 Å². The summed E-state index contributed by atoms with van der Waals surface area (Å²) in [4.78, 5) is 0. The molecule has 0 saturated carbocycles. The maximum Gasteiger partial charge on any atom is 0.160 e. The van der Waals surface area contributed by atoms with Gasteiger partial charge >= 0.3 is 0 Å². The van der Waals surface area contributed by atoms with E-state index in [4.69, 9.17) is 9.47 Å². The lowest BCUT2D eigenvalue weighted by Gasteiger charge is -2.17. The molecular weight excluding hydrogens is 292 g/mol. The second-order valence-corrected chi connectivity index (χ2v) is 6.22. The predicted octanol–water partition coefficient (Wildman–Crippen LogP) is 4.19. The molecule has 4 heteroatoms. The van der Waals surface area contributed by atoms with E-state index in [0.29, 0.717) is 17.6 Å². The highest BCUT2D eigenvalue weighted by Crippen LogP contribution is 2.49. The van der Waals surface area contributed by atoms with Crippen LogP contribution in [-0.2, 0) is 4.74 Å². The molecule has 0 amide bonds. The van der Waals surface area contributed by atoms with Crippen LogP contribution in [0.25, 0.3) is 0 Å². The second kappa shape index (κ2) is 6.13. The summed E-state index contributed by atoms with van der Waals surface area (Å²) in [6.07, 6.45) is -0.0753. The van der Waals surface area contributed by atoms with Gasteiger partial charge in [0.1, 0.15) is 5.75 Å². The zero-order chi connectivity index (χ0) is 16.6. The topological polar surface area (TPSA) is 58.9 Å². The average Bonchev–Trinajstić information content (AvgIpc) is 2.85. The Hall–Kier alpha value is -2.20. The minimum Gasteiger partial charge on any atom is -0.508 e. The van der Waals surface area contributed by atoms with Crippen LogP contribution in [0.2, 0.25) is 0 Å². The van der Waals surface area contributed by atoms with Gasteiger partial charge in [0.2, 0.25) is 0 Å². The zero-order valence-electron chi connectivity index (χ0n) is 13.6. The van der Waals surface area contributed by atoms with Crippen LogP contribution >= 0.6 is 0 Å². The molecule has 1 aliphatic rings. The van der Waals surface area contributed by atoms with Crippen molar-refractivity contribution in [2.75, 3.05) is 7.11 Å². The fourth-order valence-corrected chi connectivity index (χ4v) is 3.26.